The van der Waals surface area contributed by atoms with Gasteiger partial charge in [-0.2, -0.15) is 0 Å². The van der Waals surface area contributed by atoms with E-state index in [4.69, 9.17) is 4.74 Å². The van der Waals surface area contributed by atoms with Crippen LogP contribution in [-0.4, -0.2) is 24.4 Å². The molecule has 1 saturated carbocycles. The van der Waals surface area contributed by atoms with Crippen molar-refractivity contribution in [3.63, 3.8) is 0 Å². The summed E-state index contributed by atoms with van der Waals surface area (Å²) < 4.78 is 5.70. The molecule has 1 aromatic heterocycles. The molecule has 98 valence electrons. The maximum absolute atomic E-state index is 10.2. The highest BCUT2D eigenvalue weighted by molar-refractivity contribution is 5.58. The van der Waals surface area contributed by atoms with Gasteiger partial charge in [0.15, 0.2) is 0 Å². The lowest BCUT2D eigenvalue weighted by atomic mass is 9.90. The number of rotatable bonds is 6. The van der Waals surface area contributed by atoms with Gasteiger partial charge in [0, 0.05) is 6.07 Å². The third-order valence-corrected chi connectivity index (χ3v) is 3.32. The van der Waals surface area contributed by atoms with Crippen LogP contribution in [0.25, 0.3) is 0 Å². The van der Waals surface area contributed by atoms with Gasteiger partial charge < -0.3 is 14.8 Å². The van der Waals surface area contributed by atoms with Gasteiger partial charge in [-0.1, -0.05) is 19.3 Å². The molecular weight excluding hydrogens is 228 g/mol. The molecule has 4 heteroatoms. The molecule has 0 atom stereocenters. The van der Waals surface area contributed by atoms with Crippen LogP contribution in [0.2, 0.25) is 0 Å². The van der Waals surface area contributed by atoms with Crippen LogP contribution in [0.5, 0.6) is 5.88 Å². The van der Waals surface area contributed by atoms with Crippen LogP contribution in [0.15, 0.2) is 18.3 Å². The number of hydrogen-bond acceptors (Lipinski definition) is 4. The molecule has 0 amide bonds. The van der Waals surface area contributed by atoms with Crippen molar-refractivity contribution >= 4 is 12.0 Å². The van der Waals surface area contributed by atoms with E-state index >= 15 is 0 Å². The molecule has 1 N–H and O–H groups in total. The molecule has 1 fully saturated rings. The lowest BCUT2D eigenvalue weighted by Crippen LogP contribution is -2.15. The van der Waals surface area contributed by atoms with E-state index in [1.54, 1.807) is 6.20 Å². The smallest absolute Gasteiger partial charge is 0.213 e. The van der Waals surface area contributed by atoms with Gasteiger partial charge in [0.2, 0.25) is 5.88 Å². The Balaban J connectivity index is 1.76. The number of nitrogens with one attached hydrogen (secondary N) is 1. The molecule has 1 heterocycles. The second-order valence-electron chi connectivity index (χ2n) is 4.75. The lowest BCUT2D eigenvalue weighted by Gasteiger charge is -2.21. The van der Waals surface area contributed by atoms with Crippen molar-refractivity contribution < 1.29 is 9.53 Å². The van der Waals surface area contributed by atoms with Crippen LogP contribution in [-0.2, 0) is 4.79 Å². The molecular formula is C14H20N2O2. The summed E-state index contributed by atoms with van der Waals surface area (Å²) in [5.74, 6) is 1.35. The Morgan fingerprint density at radius 1 is 1.33 bits per heavy atom. The molecule has 4 nitrogen and oxygen atoms in total. The van der Waals surface area contributed by atoms with Crippen LogP contribution in [0.1, 0.15) is 32.1 Å². The van der Waals surface area contributed by atoms with Crippen molar-refractivity contribution in [1.29, 1.82) is 0 Å². The number of hydrogen-bond donors (Lipinski definition) is 1. The minimum atomic E-state index is 0.309. The van der Waals surface area contributed by atoms with E-state index in [9.17, 15) is 4.79 Å². The number of anilines is 1. The maximum Gasteiger partial charge on any atom is 0.213 e. The zero-order valence-electron chi connectivity index (χ0n) is 10.6. The Kier molecular flexibility index (Phi) is 5.00. The summed E-state index contributed by atoms with van der Waals surface area (Å²) in [6, 6.07) is 3.72. The number of pyridine rings is 1. The van der Waals surface area contributed by atoms with Crippen molar-refractivity contribution in [2.75, 3.05) is 18.5 Å². The third kappa shape index (κ3) is 4.02. The first-order chi connectivity index (χ1) is 8.88. The number of ether oxygens (including phenoxy) is 1. The van der Waals surface area contributed by atoms with Crippen molar-refractivity contribution in [3.05, 3.63) is 18.3 Å². The quantitative estimate of drug-likeness (QED) is 0.786. The molecule has 2 rings (SSSR count). The highest BCUT2D eigenvalue weighted by atomic mass is 16.5. The fourth-order valence-electron chi connectivity index (χ4n) is 2.29. The Morgan fingerprint density at radius 2 is 2.17 bits per heavy atom. The SMILES string of the molecule is O=CCNc1ccc(OCC2CCCCC2)nc1. The molecule has 18 heavy (non-hydrogen) atoms. The normalized spacial score (nSPS) is 16.2. The van der Waals surface area contributed by atoms with E-state index in [0.29, 0.717) is 18.3 Å². The van der Waals surface area contributed by atoms with E-state index < -0.39 is 0 Å². The number of aldehydes is 1. The molecule has 0 saturated heterocycles. The van der Waals surface area contributed by atoms with Crippen molar-refractivity contribution in [1.82, 2.24) is 4.98 Å². The molecule has 1 aliphatic rings. The van der Waals surface area contributed by atoms with Crippen LogP contribution < -0.4 is 10.1 Å². The predicted octanol–water partition coefficient (Wildman–Crippen LogP) is 2.65. The van der Waals surface area contributed by atoms with E-state index in [1.807, 2.05) is 12.1 Å². The minimum absolute atomic E-state index is 0.309. The summed E-state index contributed by atoms with van der Waals surface area (Å²) in [5, 5.41) is 2.94. The Bertz CT molecular complexity index is 359. The number of carbonyl (C=O) groups is 1. The van der Waals surface area contributed by atoms with E-state index in [-0.39, 0.29) is 0 Å². The molecule has 0 radical (unpaired) electrons. The fraction of sp³-hybridized carbons (Fsp3) is 0.571. The van der Waals surface area contributed by atoms with Gasteiger partial charge in [0.1, 0.15) is 6.29 Å². The summed E-state index contributed by atoms with van der Waals surface area (Å²) in [6.07, 6.45) is 9.10. The largest absolute Gasteiger partial charge is 0.477 e. The maximum atomic E-state index is 10.2. The molecule has 0 unspecified atom stereocenters. The third-order valence-electron chi connectivity index (χ3n) is 3.32. The predicted molar refractivity (Wildman–Crippen MR) is 70.9 cm³/mol. The van der Waals surface area contributed by atoms with Crippen molar-refractivity contribution in [2.45, 2.75) is 32.1 Å². The second-order valence-corrected chi connectivity index (χ2v) is 4.75. The zero-order chi connectivity index (χ0) is 12.6. The average molecular weight is 248 g/mol. The van der Waals surface area contributed by atoms with Gasteiger partial charge in [-0.05, 0) is 24.8 Å². The van der Waals surface area contributed by atoms with Gasteiger partial charge >= 0.3 is 0 Å². The minimum Gasteiger partial charge on any atom is -0.477 e. The summed E-state index contributed by atoms with van der Waals surface area (Å²) in [4.78, 5) is 14.4. The summed E-state index contributed by atoms with van der Waals surface area (Å²) in [5.41, 5.74) is 0.840. The topological polar surface area (TPSA) is 51.2 Å². The number of aromatic nitrogens is 1. The first kappa shape index (κ1) is 12.9. The van der Waals surface area contributed by atoms with Gasteiger partial charge in [-0.3, -0.25) is 0 Å². The second kappa shape index (κ2) is 6.99. The van der Waals surface area contributed by atoms with Gasteiger partial charge in [-0.15, -0.1) is 0 Å². The number of nitrogens with zero attached hydrogens (tertiary/aromatic N) is 1. The summed E-state index contributed by atoms with van der Waals surface area (Å²) in [7, 11) is 0. The molecule has 0 bridgehead atoms. The number of carbonyl (C=O) groups excluding carboxylic acids is 1. The molecule has 0 aromatic carbocycles. The van der Waals surface area contributed by atoms with E-state index in [2.05, 4.69) is 10.3 Å². The first-order valence-corrected chi connectivity index (χ1v) is 6.65. The van der Waals surface area contributed by atoms with Gasteiger partial charge in [0.25, 0.3) is 0 Å². The first-order valence-electron chi connectivity index (χ1n) is 6.65. The van der Waals surface area contributed by atoms with Crippen LogP contribution >= 0.6 is 0 Å². The standard InChI is InChI=1S/C14H20N2O2/c17-9-8-15-13-6-7-14(16-10-13)18-11-12-4-2-1-3-5-12/h6-7,9-10,12,15H,1-5,8,11H2. The zero-order valence-corrected chi connectivity index (χ0v) is 10.6. The summed E-state index contributed by atoms with van der Waals surface area (Å²) in [6.45, 7) is 1.08. The van der Waals surface area contributed by atoms with E-state index in [1.165, 1.54) is 32.1 Å². The van der Waals surface area contributed by atoms with E-state index in [0.717, 1.165) is 18.6 Å². The average Bonchev–Trinajstić information content (AvgIpc) is 2.45. The monoisotopic (exact) mass is 248 g/mol. The summed E-state index contributed by atoms with van der Waals surface area (Å²) >= 11 is 0. The fourth-order valence-corrected chi connectivity index (χ4v) is 2.29. The molecule has 0 aliphatic heterocycles. The Morgan fingerprint density at radius 3 is 2.83 bits per heavy atom. The highest BCUT2D eigenvalue weighted by Crippen LogP contribution is 2.24. The van der Waals surface area contributed by atoms with Gasteiger partial charge in [0.05, 0.1) is 25.0 Å². The lowest BCUT2D eigenvalue weighted by molar-refractivity contribution is -0.106. The molecule has 1 aromatic rings. The van der Waals surface area contributed by atoms with Crippen LogP contribution in [0.3, 0.4) is 0 Å². The molecule has 0 spiro atoms. The van der Waals surface area contributed by atoms with Crippen molar-refractivity contribution in [3.8, 4) is 5.88 Å². The van der Waals surface area contributed by atoms with Crippen molar-refractivity contribution in [2.24, 2.45) is 5.92 Å². The molecule has 1 aliphatic carbocycles. The Labute approximate surface area is 108 Å². The van der Waals surface area contributed by atoms with Crippen LogP contribution in [0, 0.1) is 5.92 Å². The highest BCUT2D eigenvalue weighted by Gasteiger charge is 2.14. The Hall–Kier alpha value is -1.58. The van der Waals surface area contributed by atoms with Crippen LogP contribution in [0.4, 0.5) is 5.69 Å². The van der Waals surface area contributed by atoms with Gasteiger partial charge in [-0.25, -0.2) is 4.98 Å².